The highest BCUT2D eigenvalue weighted by Gasteiger charge is 2.23. The number of amides is 2. The molecule has 1 aromatic heterocycles. The maximum Gasteiger partial charge on any atom is 0.253 e. The van der Waals surface area contributed by atoms with Crippen molar-refractivity contribution in [1.29, 1.82) is 0 Å². The Labute approximate surface area is 176 Å². The fourth-order valence-corrected chi connectivity index (χ4v) is 4.36. The summed E-state index contributed by atoms with van der Waals surface area (Å²) in [5.41, 5.74) is 2.28. The number of benzene rings is 2. The highest BCUT2D eigenvalue weighted by Crippen LogP contribution is 2.28. The summed E-state index contributed by atoms with van der Waals surface area (Å²) in [7, 11) is 0. The van der Waals surface area contributed by atoms with Crippen molar-refractivity contribution in [3.8, 4) is 0 Å². The largest absolute Gasteiger partial charge is 0.340 e. The first-order chi connectivity index (χ1) is 13.5. The summed E-state index contributed by atoms with van der Waals surface area (Å²) in [6.45, 7) is 1.98. The number of fused-ring (bicyclic) bond motifs is 1. The summed E-state index contributed by atoms with van der Waals surface area (Å²) in [6.07, 6.45) is 2.47. The molecule has 0 aliphatic rings. The molecule has 0 saturated carbocycles. The molecule has 0 aliphatic carbocycles. The number of thiazole rings is 1. The molecule has 146 valence electrons. The number of anilines is 1. The molecule has 3 rings (SSSR count). The normalized spacial score (nSPS) is 12.0. The molecule has 5 nitrogen and oxygen atoms in total. The van der Waals surface area contributed by atoms with E-state index in [1.807, 2.05) is 31.4 Å². The second kappa shape index (κ2) is 9.41. The Hall–Kier alpha value is -2.09. The second-order valence-electron chi connectivity index (χ2n) is 6.22. The standard InChI is InChI=1S/C20H20ClN3O2S2/c1-12-6-5-9-16-17(12)23-20(28-16)24-19(26)15(10-11-27-2)22-18(25)13-7-3-4-8-14(13)21/h3-9,15H,10-11H2,1-2H3,(H,22,25)(H,23,24,26). The van der Waals surface area contributed by atoms with Crippen LogP contribution in [0.15, 0.2) is 42.5 Å². The van der Waals surface area contributed by atoms with Gasteiger partial charge < -0.3 is 10.6 Å². The third-order valence-corrected chi connectivity index (χ3v) is 6.11. The first kappa shape index (κ1) is 20.6. The molecule has 1 heterocycles. The lowest BCUT2D eigenvalue weighted by molar-refractivity contribution is -0.118. The van der Waals surface area contributed by atoms with Crippen LogP contribution in [-0.4, -0.2) is 34.8 Å². The number of thioether (sulfide) groups is 1. The van der Waals surface area contributed by atoms with E-state index in [0.717, 1.165) is 21.5 Å². The molecular weight excluding hydrogens is 414 g/mol. The summed E-state index contributed by atoms with van der Waals surface area (Å²) in [5, 5.41) is 6.53. The average Bonchev–Trinajstić information content (AvgIpc) is 3.09. The molecule has 0 radical (unpaired) electrons. The number of carbonyl (C=O) groups is 2. The number of hydrogen-bond acceptors (Lipinski definition) is 5. The van der Waals surface area contributed by atoms with Gasteiger partial charge in [0.2, 0.25) is 5.91 Å². The minimum atomic E-state index is -0.677. The molecule has 0 aliphatic heterocycles. The molecule has 0 spiro atoms. The van der Waals surface area contributed by atoms with Crippen LogP contribution in [0.5, 0.6) is 0 Å². The smallest absolute Gasteiger partial charge is 0.253 e. The van der Waals surface area contributed by atoms with Gasteiger partial charge in [0, 0.05) is 0 Å². The lowest BCUT2D eigenvalue weighted by atomic mass is 10.1. The van der Waals surface area contributed by atoms with E-state index in [0.29, 0.717) is 22.1 Å². The van der Waals surface area contributed by atoms with Gasteiger partial charge in [-0.25, -0.2) is 4.98 Å². The molecule has 2 amide bonds. The van der Waals surface area contributed by atoms with Gasteiger partial charge in [0.25, 0.3) is 5.91 Å². The first-order valence-electron chi connectivity index (χ1n) is 8.71. The third kappa shape index (κ3) is 4.84. The maximum absolute atomic E-state index is 12.8. The van der Waals surface area contributed by atoms with Crippen molar-refractivity contribution in [3.05, 3.63) is 58.6 Å². The number of nitrogens with one attached hydrogen (secondary N) is 2. The molecule has 1 unspecified atom stereocenters. The maximum atomic E-state index is 12.8. The minimum absolute atomic E-state index is 0.286. The zero-order valence-electron chi connectivity index (χ0n) is 15.5. The van der Waals surface area contributed by atoms with Gasteiger partial charge in [-0.15, -0.1) is 0 Å². The quantitative estimate of drug-likeness (QED) is 0.564. The molecular formula is C20H20ClN3O2S2. The van der Waals surface area contributed by atoms with Crippen molar-refractivity contribution < 1.29 is 9.59 Å². The van der Waals surface area contributed by atoms with Crippen molar-refractivity contribution >= 4 is 61.9 Å². The van der Waals surface area contributed by atoms with Gasteiger partial charge in [0.15, 0.2) is 5.13 Å². The molecule has 3 aromatic rings. The van der Waals surface area contributed by atoms with E-state index in [4.69, 9.17) is 11.6 Å². The number of rotatable bonds is 7. The van der Waals surface area contributed by atoms with Crippen LogP contribution in [0.4, 0.5) is 5.13 Å². The van der Waals surface area contributed by atoms with Crippen LogP contribution >= 0.6 is 34.7 Å². The van der Waals surface area contributed by atoms with E-state index < -0.39 is 6.04 Å². The van der Waals surface area contributed by atoms with E-state index in [-0.39, 0.29) is 11.8 Å². The Balaban J connectivity index is 1.76. The van der Waals surface area contributed by atoms with Crippen molar-refractivity contribution in [1.82, 2.24) is 10.3 Å². The van der Waals surface area contributed by atoms with Gasteiger partial charge in [-0.3, -0.25) is 9.59 Å². The average molecular weight is 434 g/mol. The minimum Gasteiger partial charge on any atom is -0.340 e. The summed E-state index contributed by atoms with van der Waals surface area (Å²) < 4.78 is 1.01. The summed E-state index contributed by atoms with van der Waals surface area (Å²) in [4.78, 5) is 29.9. The molecule has 0 saturated heterocycles. The summed E-state index contributed by atoms with van der Waals surface area (Å²) >= 11 is 9.13. The van der Waals surface area contributed by atoms with Crippen LogP contribution in [0, 0.1) is 6.92 Å². The highest BCUT2D eigenvalue weighted by atomic mass is 35.5. The third-order valence-electron chi connectivity index (χ3n) is 4.20. The number of nitrogens with zero attached hydrogens (tertiary/aromatic N) is 1. The molecule has 0 bridgehead atoms. The molecule has 8 heteroatoms. The number of carbonyl (C=O) groups excluding carboxylic acids is 2. The number of aryl methyl sites for hydroxylation is 1. The topological polar surface area (TPSA) is 71.1 Å². The van der Waals surface area contributed by atoms with Crippen LogP contribution < -0.4 is 10.6 Å². The van der Waals surface area contributed by atoms with Crippen molar-refractivity contribution in [2.75, 3.05) is 17.3 Å². The SMILES string of the molecule is CSCCC(NC(=O)c1ccccc1Cl)C(=O)Nc1nc2c(C)cccc2s1. The van der Waals surface area contributed by atoms with Crippen LogP contribution in [-0.2, 0) is 4.79 Å². The van der Waals surface area contributed by atoms with Crippen LogP contribution in [0.25, 0.3) is 10.2 Å². The van der Waals surface area contributed by atoms with Gasteiger partial charge >= 0.3 is 0 Å². The van der Waals surface area contributed by atoms with E-state index >= 15 is 0 Å². The highest BCUT2D eigenvalue weighted by molar-refractivity contribution is 7.98. The Morgan fingerprint density at radius 1 is 1.21 bits per heavy atom. The van der Waals surface area contributed by atoms with Crippen LogP contribution in [0.2, 0.25) is 5.02 Å². The van der Waals surface area contributed by atoms with Crippen molar-refractivity contribution in [3.63, 3.8) is 0 Å². The summed E-state index contributed by atoms with van der Waals surface area (Å²) in [6, 6.07) is 12.0. The fourth-order valence-electron chi connectivity index (χ4n) is 2.72. The van der Waals surface area contributed by atoms with E-state index in [1.165, 1.54) is 11.3 Å². The van der Waals surface area contributed by atoms with Crippen LogP contribution in [0.1, 0.15) is 22.3 Å². The van der Waals surface area contributed by atoms with Crippen molar-refractivity contribution in [2.45, 2.75) is 19.4 Å². The zero-order valence-corrected chi connectivity index (χ0v) is 17.9. The van der Waals surface area contributed by atoms with E-state index in [1.54, 1.807) is 36.0 Å². The number of aromatic nitrogens is 1. The Kier molecular flexibility index (Phi) is 6.93. The number of para-hydroxylation sites is 1. The fraction of sp³-hybridized carbons (Fsp3) is 0.250. The first-order valence-corrected chi connectivity index (χ1v) is 11.3. The Bertz CT molecular complexity index is 1010. The van der Waals surface area contributed by atoms with E-state index in [2.05, 4.69) is 15.6 Å². The van der Waals surface area contributed by atoms with Crippen molar-refractivity contribution in [2.24, 2.45) is 0 Å². The van der Waals surface area contributed by atoms with Gasteiger partial charge in [-0.2, -0.15) is 11.8 Å². The molecule has 28 heavy (non-hydrogen) atoms. The van der Waals surface area contributed by atoms with Gasteiger partial charge in [0.05, 0.1) is 20.8 Å². The Morgan fingerprint density at radius 3 is 2.71 bits per heavy atom. The van der Waals surface area contributed by atoms with Gasteiger partial charge in [0.1, 0.15) is 6.04 Å². The predicted molar refractivity (Wildman–Crippen MR) is 119 cm³/mol. The van der Waals surface area contributed by atoms with Crippen LogP contribution in [0.3, 0.4) is 0 Å². The molecule has 2 aromatic carbocycles. The van der Waals surface area contributed by atoms with E-state index in [9.17, 15) is 9.59 Å². The second-order valence-corrected chi connectivity index (χ2v) is 8.64. The predicted octanol–water partition coefficient (Wildman–Crippen LogP) is 4.75. The van der Waals surface area contributed by atoms with Gasteiger partial charge in [-0.1, -0.05) is 47.2 Å². The molecule has 0 fully saturated rings. The monoisotopic (exact) mass is 433 g/mol. The lowest BCUT2D eigenvalue weighted by Gasteiger charge is -2.17. The Morgan fingerprint density at radius 2 is 2.00 bits per heavy atom. The summed E-state index contributed by atoms with van der Waals surface area (Å²) in [5.74, 6) is 0.0815. The zero-order chi connectivity index (χ0) is 20.1. The molecule has 2 N–H and O–H groups in total. The number of hydrogen-bond donors (Lipinski definition) is 2. The molecule has 1 atom stereocenters. The number of halogens is 1. The van der Waals surface area contributed by atoms with Gasteiger partial charge in [-0.05, 0) is 49.1 Å². The lowest BCUT2D eigenvalue weighted by Crippen LogP contribution is -2.44.